The first-order chi connectivity index (χ1) is 4.47. The molecule has 0 unspecified atom stereocenters. The summed E-state index contributed by atoms with van der Waals surface area (Å²) in [5, 5.41) is 3.06. The summed E-state index contributed by atoms with van der Waals surface area (Å²) < 4.78 is 0. The van der Waals surface area contributed by atoms with Crippen molar-refractivity contribution in [1.29, 1.82) is 0 Å². The summed E-state index contributed by atoms with van der Waals surface area (Å²) in [5.74, 6) is 1.05. The Morgan fingerprint density at radius 1 is 1.67 bits per heavy atom. The maximum absolute atomic E-state index is 3.07. The van der Waals surface area contributed by atoms with E-state index in [-0.39, 0.29) is 0 Å². The van der Waals surface area contributed by atoms with E-state index in [1.807, 2.05) is 18.5 Å². The van der Waals surface area contributed by atoms with Crippen molar-refractivity contribution in [2.24, 2.45) is 0 Å². The van der Waals surface area contributed by atoms with Gasteiger partial charge in [-0.05, 0) is 0 Å². The largest absolute Gasteiger partial charge is 0.346 e. The molecule has 2 rings (SSSR count). The van der Waals surface area contributed by atoms with E-state index in [1.54, 1.807) is 0 Å². The normalized spacial score (nSPS) is 21.3. The second kappa shape index (κ2) is 1.65. The molecule has 2 aliphatic rings. The average molecular weight is 119 g/mol. The standard InChI is InChI=1S/C7H7N2/c1-2-5-9-6-4-8-7(9)3-1/h1-2,4,6,8H,5H2. The Kier molecular flexibility index (Phi) is 0.859. The lowest BCUT2D eigenvalue weighted by molar-refractivity contribution is 0.509. The molecule has 0 aliphatic carbocycles. The zero-order chi connectivity index (χ0) is 6.10. The van der Waals surface area contributed by atoms with Crippen molar-refractivity contribution in [1.82, 2.24) is 10.2 Å². The number of nitrogens with one attached hydrogen (secondary N) is 1. The van der Waals surface area contributed by atoms with Crippen LogP contribution in [0.2, 0.25) is 0 Å². The van der Waals surface area contributed by atoms with Gasteiger partial charge in [0.25, 0.3) is 0 Å². The zero-order valence-electron chi connectivity index (χ0n) is 4.96. The van der Waals surface area contributed by atoms with Crippen LogP contribution in [0.1, 0.15) is 0 Å². The molecule has 0 aromatic carbocycles. The smallest absolute Gasteiger partial charge is 0.118 e. The van der Waals surface area contributed by atoms with Crippen molar-refractivity contribution >= 4 is 0 Å². The van der Waals surface area contributed by atoms with Gasteiger partial charge in [-0.25, -0.2) is 0 Å². The molecule has 0 fully saturated rings. The van der Waals surface area contributed by atoms with Gasteiger partial charge in [-0.15, -0.1) is 0 Å². The Labute approximate surface area is 54.2 Å². The Balaban J connectivity index is 2.29. The fourth-order valence-electron chi connectivity index (χ4n) is 0.944. The monoisotopic (exact) mass is 119 g/mol. The van der Waals surface area contributed by atoms with Gasteiger partial charge in [0.05, 0.1) is 0 Å². The summed E-state index contributed by atoms with van der Waals surface area (Å²) in [4.78, 5) is 2.10. The minimum atomic E-state index is 0.964. The van der Waals surface area contributed by atoms with Crippen LogP contribution in [0.15, 0.2) is 30.4 Å². The summed E-state index contributed by atoms with van der Waals surface area (Å²) in [7, 11) is 0. The molecule has 45 valence electrons. The molecule has 2 heterocycles. The van der Waals surface area contributed by atoms with Crippen LogP contribution in [0, 0.1) is 6.08 Å². The lowest BCUT2D eigenvalue weighted by Crippen LogP contribution is -2.20. The summed E-state index contributed by atoms with van der Waals surface area (Å²) in [5.41, 5.74) is 0. The number of hydrogen-bond donors (Lipinski definition) is 1. The van der Waals surface area contributed by atoms with Crippen molar-refractivity contribution in [3.8, 4) is 0 Å². The highest BCUT2D eigenvalue weighted by Crippen LogP contribution is 2.10. The minimum Gasteiger partial charge on any atom is -0.346 e. The first kappa shape index (κ1) is 4.68. The second-order valence-electron chi connectivity index (χ2n) is 2.01. The molecule has 0 saturated heterocycles. The van der Waals surface area contributed by atoms with Gasteiger partial charge in [0.15, 0.2) is 0 Å². The number of rotatable bonds is 0. The van der Waals surface area contributed by atoms with Crippen LogP contribution in [0.3, 0.4) is 0 Å². The van der Waals surface area contributed by atoms with Crippen molar-refractivity contribution in [2.75, 3.05) is 6.54 Å². The predicted octanol–water partition coefficient (Wildman–Crippen LogP) is 0.577. The molecule has 0 aromatic rings. The van der Waals surface area contributed by atoms with Gasteiger partial charge in [0.1, 0.15) is 5.82 Å². The minimum absolute atomic E-state index is 0.964. The van der Waals surface area contributed by atoms with E-state index >= 15 is 0 Å². The molecule has 2 aliphatic heterocycles. The van der Waals surface area contributed by atoms with E-state index in [1.165, 1.54) is 0 Å². The van der Waals surface area contributed by atoms with Crippen LogP contribution in [0.4, 0.5) is 0 Å². The first-order valence-corrected chi connectivity index (χ1v) is 2.95. The maximum Gasteiger partial charge on any atom is 0.118 e. The summed E-state index contributed by atoms with van der Waals surface area (Å²) >= 11 is 0. The number of fused-ring (bicyclic) bond motifs is 1. The van der Waals surface area contributed by atoms with E-state index < -0.39 is 0 Å². The molecule has 2 heteroatoms. The third-order valence-corrected chi connectivity index (χ3v) is 1.40. The SMILES string of the molecule is [C]1=C2NC=CN2CC=C1. The topological polar surface area (TPSA) is 15.3 Å². The van der Waals surface area contributed by atoms with Gasteiger partial charge >= 0.3 is 0 Å². The average Bonchev–Trinajstić information content (AvgIpc) is 2.33. The molecule has 2 nitrogen and oxygen atoms in total. The van der Waals surface area contributed by atoms with Gasteiger partial charge in [-0.2, -0.15) is 0 Å². The molecule has 1 radical (unpaired) electrons. The highest BCUT2D eigenvalue weighted by Gasteiger charge is 2.09. The Hall–Kier alpha value is -1.18. The van der Waals surface area contributed by atoms with E-state index in [2.05, 4.69) is 22.4 Å². The van der Waals surface area contributed by atoms with Crippen LogP contribution >= 0.6 is 0 Å². The molecular weight excluding hydrogens is 112 g/mol. The Morgan fingerprint density at radius 3 is 3.56 bits per heavy atom. The molecule has 0 aromatic heterocycles. The van der Waals surface area contributed by atoms with E-state index in [9.17, 15) is 0 Å². The summed E-state index contributed by atoms with van der Waals surface area (Å²) in [6, 6.07) is 0. The second-order valence-corrected chi connectivity index (χ2v) is 2.01. The van der Waals surface area contributed by atoms with E-state index in [0.717, 1.165) is 12.4 Å². The molecular formula is C7H7N2. The lowest BCUT2D eigenvalue weighted by atomic mass is 10.3. The Bertz CT molecular complexity index is 201. The van der Waals surface area contributed by atoms with Crippen molar-refractivity contribution in [2.45, 2.75) is 0 Å². The fraction of sp³-hybridized carbons (Fsp3) is 0.143. The van der Waals surface area contributed by atoms with Crippen LogP contribution in [0.25, 0.3) is 0 Å². The number of hydrogen-bond acceptors (Lipinski definition) is 2. The molecule has 1 N–H and O–H groups in total. The van der Waals surface area contributed by atoms with Crippen molar-refractivity contribution in [3.05, 3.63) is 36.4 Å². The fourth-order valence-corrected chi connectivity index (χ4v) is 0.944. The van der Waals surface area contributed by atoms with Crippen molar-refractivity contribution < 1.29 is 0 Å². The third kappa shape index (κ3) is 0.633. The molecule has 0 bridgehead atoms. The Morgan fingerprint density at radius 2 is 2.67 bits per heavy atom. The predicted molar refractivity (Wildman–Crippen MR) is 34.9 cm³/mol. The molecule has 0 spiro atoms. The highest BCUT2D eigenvalue weighted by atomic mass is 15.3. The number of allylic oxidation sites excluding steroid dienone is 2. The zero-order valence-corrected chi connectivity index (χ0v) is 4.96. The van der Waals surface area contributed by atoms with Crippen molar-refractivity contribution in [3.63, 3.8) is 0 Å². The summed E-state index contributed by atoms with van der Waals surface area (Å²) in [6.45, 7) is 0.964. The molecule has 0 amide bonds. The van der Waals surface area contributed by atoms with Gasteiger partial charge in [-0.1, -0.05) is 12.2 Å². The van der Waals surface area contributed by atoms with E-state index in [4.69, 9.17) is 0 Å². The van der Waals surface area contributed by atoms with Gasteiger partial charge in [0, 0.05) is 25.0 Å². The van der Waals surface area contributed by atoms with Gasteiger partial charge in [0.2, 0.25) is 0 Å². The number of nitrogens with zero attached hydrogens (tertiary/aromatic N) is 1. The molecule has 0 saturated carbocycles. The third-order valence-electron chi connectivity index (χ3n) is 1.40. The van der Waals surface area contributed by atoms with Crippen LogP contribution in [0.5, 0.6) is 0 Å². The molecule has 0 atom stereocenters. The van der Waals surface area contributed by atoms with Crippen LogP contribution in [-0.2, 0) is 0 Å². The van der Waals surface area contributed by atoms with Crippen LogP contribution < -0.4 is 5.32 Å². The summed E-state index contributed by atoms with van der Waals surface area (Å²) in [6.07, 6.45) is 11.0. The first-order valence-electron chi connectivity index (χ1n) is 2.95. The van der Waals surface area contributed by atoms with Gasteiger partial charge < -0.3 is 10.2 Å². The van der Waals surface area contributed by atoms with Crippen LogP contribution in [-0.4, -0.2) is 11.4 Å². The lowest BCUT2D eigenvalue weighted by Gasteiger charge is -2.16. The highest BCUT2D eigenvalue weighted by molar-refractivity contribution is 5.19. The molecule has 9 heavy (non-hydrogen) atoms. The van der Waals surface area contributed by atoms with E-state index in [0.29, 0.717) is 0 Å². The van der Waals surface area contributed by atoms with Gasteiger partial charge in [-0.3, -0.25) is 0 Å². The maximum atomic E-state index is 3.07. The quantitative estimate of drug-likeness (QED) is 0.501.